The standard InChI is InChI=1S/C15H24FN/c1-11(2)9-15(17-4)8-6-13-5-7-14(16)10-12(13)3/h5,7,10-11,15,17H,6,8-9H2,1-4H3. The molecule has 1 aromatic rings. The van der Waals surface area contributed by atoms with E-state index in [9.17, 15) is 4.39 Å². The molecule has 1 atom stereocenters. The summed E-state index contributed by atoms with van der Waals surface area (Å²) in [6.07, 6.45) is 3.32. The van der Waals surface area contributed by atoms with E-state index in [1.54, 1.807) is 12.1 Å². The molecule has 0 spiro atoms. The summed E-state index contributed by atoms with van der Waals surface area (Å²) in [5.41, 5.74) is 2.32. The molecule has 1 nitrogen and oxygen atoms in total. The first-order valence-corrected chi connectivity index (χ1v) is 6.45. The summed E-state index contributed by atoms with van der Waals surface area (Å²) in [5, 5.41) is 3.36. The number of halogens is 1. The zero-order valence-electron chi connectivity index (χ0n) is 11.4. The molecule has 0 aliphatic carbocycles. The molecule has 0 radical (unpaired) electrons. The van der Waals surface area contributed by atoms with Gasteiger partial charge in [0.25, 0.3) is 0 Å². The Morgan fingerprint density at radius 2 is 2.00 bits per heavy atom. The topological polar surface area (TPSA) is 12.0 Å². The van der Waals surface area contributed by atoms with Gasteiger partial charge in [-0.05, 0) is 62.4 Å². The molecule has 1 N–H and O–H groups in total. The lowest BCUT2D eigenvalue weighted by molar-refractivity contribution is 0.421. The van der Waals surface area contributed by atoms with Gasteiger partial charge in [0.2, 0.25) is 0 Å². The first-order chi connectivity index (χ1) is 8.02. The minimum atomic E-state index is -0.140. The molecule has 0 aliphatic rings. The van der Waals surface area contributed by atoms with Crippen molar-refractivity contribution in [3.05, 3.63) is 35.1 Å². The molecule has 0 heterocycles. The number of rotatable bonds is 6. The average Bonchev–Trinajstić information content (AvgIpc) is 2.25. The Balaban J connectivity index is 2.53. The SMILES string of the molecule is CNC(CCc1ccc(F)cc1C)CC(C)C. The van der Waals surface area contributed by atoms with Crippen LogP contribution in [0.25, 0.3) is 0 Å². The van der Waals surface area contributed by atoms with E-state index >= 15 is 0 Å². The third-order valence-corrected chi connectivity index (χ3v) is 3.23. The molecule has 1 unspecified atom stereocenters. The second kappa shape index (κ2) is 6.75. The fraction of sp³-hybridized carbons (Fsp3) is 0.600. The van der Waals surface area contributed by atoms with Gasteiger partial charge in [-0.15, -0.1) is 0 Å². The van der Waals surface area contributed by atoms with Crippen LogP contribution in [0.1, 0.15) is 37.8 Å². The summed E-state index contributed by atoms with van der Waals surface area (Å²) >= 11 is 0. The highest BCUT2D eigenvalue weighted by atomic mass is 19.1. The van der Waals surface area contributed by atoms with E-state index in [-0.39, 0.29) is 5.82 Å². The molecule has 0 aliphatic heterocycles. The monoisotopic (exact) mass is 237 g/mol. The molecule has 17 heavy (non-hydrogen) atoms. The maximum Gasteiger partial charge on any atom is 0.123 e. The van der Waals surface area contributed by atoms with Crippen LogP contribution in [0.3, 0.4) is 0 Å². The molecule has 0 bridgehead atoms. The van der Waals surface area contributed by atoms with Crippen molar-refractivity contribution in [2.24, 2.45) is 5.92 Å². The summed E-state index contributed by atoms with van der Waals surface area (Å²) in [7, 11) is 2.02. The molecule has 1 aromatic carbocycles. The number of hydrogen-bond donors (Lipinski definition) is 1. The lowest BCUT2D eigenvalue weighted by Gasteiger charge is -2.18. The summed E-state index contributed by atoms with van der Waals surface area (Å²) in [4.78, 5) is 0. The van der Waals surface area contributed by atoms with Gasteiger partial charge in [-0.25, -0.2) is 4.39 Å². The van der Waals surface area contributed by atoms with Crippen molar-refractivity contribution < 1.29 is 4.39 Å². The minimum Gasteiger partial charge on any atom is -0.317 e. The predicted octanol–water partition coefficient (Wildman–Crippen LogP) is 3.70. The van der Waals surface area contributed by atoms with Crippen LogP contribution in [0.4, 0.5) is 4.39 Å². The van der Waals surface area contributed by atoms with Crippen LogP contribution in [0.5, 0.6) is 0 Å². The highest BCUT2D eigenvalue weighted by molar-refractivity contribution is 5.26. The Morgan fingerprint density at radius 1 is 1.29 bits per heavy atom. The quantitative estimate of drug-likeness (QED) is 0.795. The first kappa shape index (κ1) is 14.2. The molecule has 1 rings (SSSR count). The van der Waals surface area contributed by atoms with Gasteiger partial charge in [-0.2, -0.15) is 0 Å². The third kappa shape index (κ3) is 4.86. The number of aryl methyl sites for hydroxylation is 2. The van der Waals surface area contributed by atoms with Gasteiger partial charge < -0.3 is 5.32 Å². The molecule has 0 saturated heterocycles. The van der Waals surface area contributed by atoms with E-state index < -0.39 is 0 Å². The Labute approximate surface area is 104 Å². The largest absolute Gasteiger partial charge is 0.317 e. The van der Waals surface area contributed by atoms with Crippen molar-refractivity contribution in [3.63, 3.8) is 0 Å². The summed E-state index contributed by atoms with van der Waals surface area (Å²) in [6.45, 7) is 6.47. The molecule has 0 amide bonds. The van der Waals surface area contributed by atoms with Crippen LogP contribution in [0.15, 0.2) is 18.2 Å². The fourth-order valence-electron chi connectivity index (χ4n) is 2.22. The van der Waals surface area contributed by atoms with Gasteiger partial charge >= 0.3 is 0 Å². The third-order valence-electron chi connectivity index (χ3n) is 3.23. The van der Waals surface area contributed by atoms with Gasteiger partial charge in [-0.3, -0.25) is 0 Å². The van der Waals surface area contributed by atoms with E-state index in [0.29, 0.717) is 12.0 Å². The lowest BCUT2D eigenvalue weighted by atomic mass is 9.96. The van der Waals surface area contributed by atoms with E-state index in [1.807, 2.05) is 20.0 Å². The van der Waals surface area contributed by atoms with Crippen LogP contribution >= 0.6 is 0 Å². The van der Waals surface area contributed by atoms with Crippen LogP contribution in [0.2, 0.25) is 0 Å². The van der Waals surface area contributed by atoms with Crippen molar-refractivity contribution >= 4 is 0 Å². The highest BCUT2D eigenvalue weighted by Crippen LogP contribution is 2.15. The van der Waals surface area contributed by atoms with Gasteiger partial charge in [0.1, 0.15) is 5.82 Å². The lowest BCUT2D eigenvalue weighted by Crippen LogP contribution is -2.27. The number of hydrogen-bond acceptors (Lipinski definition) is 1. The van der Waals surface area contributed by atoms with E-state index in [0.717, 1.165) is 18.4 Å². The van der Waals surface area contributed by atoms with Gasteiger partial charge in [0.15, 0.2) is 0 Å². The second-order valence-electron chi connectivity index (χ2n) is 5.22. The van der Waals surface area contributed by atoms with Crippen LogP contribution in [-0.2, 0) is 6.42 Å². The van der Waals surface area contributed by atoms with E-state index in [1.165, 1.54) is 12.0 Å². The molecule has 0 fully saturated rings. The van der Waals surface area contributed by atoms with Crippen molar-refractivity contribution in [2.75, 3.05) is 7.05 Å². The highest BCUT2D eigenvalue weighted by Gasteiger charge is 2.09. The Hall–Kier alpha value is -0.890. The molecular formula is C15H24FN. The van der Waals surface area contributed by atoms with Crippen LogP contribution in [0, 0.1) is 18.7 Å². The van der Waals surface area contributed by atoms with Crippen LogP contribution < -0.4 is 5.32 Å². The molecule has 96 valence electrons. The van der Waals surface area contributed by atoms with Crippen molar-refractivity contribution in [1.82, 2.24) is 5.32 Å². The van der Waals surface area contributed by atoms with E-state index in [2.05, 4.69) is 19.2 Å². The zero-order valence-corrected chi connectivity index (χ0v) is 11.4. The molecule has 0 aromatic heterocycles. The molecule has 0 saturated carbocycles. The van der Waals surface area contributed by atoms with Crippen LogP contribution in [-0.4, -0.2) is 13.1 Å². The van der Waals surface area contributed by atoms with Gasteiger partial charge in [0, 0.05) is 6.04 Å². The first-order valence-electron chi connectivity index (χ1n) is 6.45. The predicted molar refractivity (Wildman–Crippen MR) is 71.8 cm³/mol. The molecule has 2 heteroatoms. The minimum absolute atomic E-state index is 0.140. The number of benzene rings is 1. The normalized spacial score (nSPS) is 13.1. The molecular weight excluding hydrogens is 213 g/mol. The second-order valence-corrected chi connectivity index (χ2v) is 5.22. The summed E-state index contributed by atoms with van der Waals surface area (Å²) < 4.78 is 13.0. The van der Waals surface area contributed by atoms with Crippen molar-refractivity contribution in [2.45, 2.75) is 46.1 Å². The maximum atomic E-state index is 13.0. The summed E-state index contributed by atoms with van der Waals surface area (Å²) in [6, 6.07) is 5.64. The smallest absolute Gasteiger partial charge is 0.123 e. The Kier molecular flexibility index (Phi) is 5.63. The fourth-order valence-corrected chi connectivity index (χ4v) is 2.22. The Morgan fingerprint density at radius 3 is 2.53 bits per heavy atom. The van der Waals surface area contributed by atoms with Crippen molar-refractivity contribution in [1.29, 1.82) is 0 Å². The van der Waals surface area contributed by atoms with Crippen molar-refractivity contribution in [3.8, 4) is 0 Å². The zero-order chi connectivity index (χ0) is 12.8. The van der Waals surface area contributed by atoms with Gasteiger partial charge in [-0.1, -0.05) is 19.9 Å². The maximum absolute atomic E-state index is 13.0. The number of nitrogens with one attached hydrogen (secondary N) is 1. The summed E-state index contributed by atoms with van der Waals surface area (Å²) in [5.74, 6) is 0.570. The van der Waals surface area contributed by atoms with Gasteiger partial charge in [0.05, 0.1) is 0 Å². The van der Waals surface area contributed by atoms with E-state index in [4.69, 9.17) is 0 Å². The average molecular weight is 237 g/mol. The Bertz CT molecular complexity index is 347.